The van der Waals surface area contributed by atoms with E-state index in [1.54, 1.807) is 6.20 Å². The van der Waals surface area contributed by atoms with Gasteiger partial charge in [-0.25, -0.2) is 4.39 Å². The molecule has 1 unspecified atom stereocenters. The summed E-state index contributed by atoms with van der Waals surface area (Å²) in [7, 11) is 0. The first-order valence-electron chi connectivity index (χ1n) is 7.30. The lowest BCUT2D eigenvalue weighted by Gasteiger charge is -2.11. The Kier molecular flexibility index (Phi) is 4.77. The molecule has 1 saturated heterocycles. The summed E-state index contributed by atoms with van der Waals surface area (Å²) in [4.78, 5) is 3.94. The first-order chi connectivity index (χ1) is 10.8. The first-order valence-corrected chi connectivity index (χ1v) is 7.30. The molecule has 3 rings (SSSR count). The fourth-order valence-electron chi connectivity index (χ4n) is 2.44. The van der Waals surface area contributed by atoms with Gasteiger partial charge in [-0.3, -0.25) is 4.98 Å². The molecule has 0 aliphatic carbocycles. The van der Waals surface area contributed by atoms with E-state index in [9.17, 15) is 4.39 Å². The highest BCUT2D eigenvalue weighted by atomic mass is 19.1. The Hall–Kier alpha value is -1.82. The molecule has 5 heteroatoms. The molecule has 1 atom stereocenters. The smallest absolute Gasteiger partial charge is 0.147 e. The molecule has 1 fully saturated rings. The predicted molar refractivity (Wildman–Crippen MR) is 79.6 cm³/mol. The van der Waals surface area contributed by atoms with Gasteiger partial charge in [0.25, 0.3) is 0 Å². The maximum absolute atomic E-state index is 13.7. The lowest BCUT2D eigenvalue weighted by Crippen LogP contribution is -2.11. The molecule has 1 N–H and O–H groups in total. The van der Waals surface area contributed by atoms with Crippen LogP contribution in [0.1, 0.15) is 17.7 Å². The van der Waals surface area contributed by atoms with Crippen molar-refractivity contribution >= 4 is 0 Å². The Morgan fingerprint density at radius 1 is 1.32 bits per heavy atom. The lowest BCUT2D eigenvalue weighted by molar-refractivity contribution is 0.0318. The monoisotopic (exact) mass is 303 g/mol. The third-order valence-corrected chi connectivity index (χ3v) is 3.70. The molecular weight excluding hydrogens is 285 g/mol. The number of nitrogens with zero attached hydrogens (tertiary/aromatic N) is 1. The van der Waals surface area contributed by atoms with E-state index in [0.717, 1.165) is 24.2 Å². The summed E-state index contributed by atoms with van der Waals surface area (Å²) in [5, 5.41) is 8.97. The minimum Gasteiger partial charge on any atom is -0.390 e. The molecule has 4 nitrogen and oxygen atoms in total. The molecule has 116 valence electrons. The highest BCUT2D eigenvalue weighted by molar-refractivity contribution is 5.63. The van der Waals surface area contributed by atoms with Gasteiger partial charge in [0.15, 0.2) is 0 Å². The molecule has 0 saturated carbocycles. The van der Waals surface area contributed by atoms with Gasteiger partial charge in [-0.15, -0.1) is 0 Å². The SMILES string of the molecule is OCc1ncc(-c2cccc(COC3CCOC3)c2)cc1F. The fraction of sp³-hybridized carbons (Fsp3) is 0.353. The molecular formula is C17H18FNO3. The standard InChI is InChI=1S/C17H18FNO3/c18-16-7-14(8-19-17(16)9-20)13-3-1-2-12(6-13)10-22-15-4-5-21-11-15/h1-3,6-8,15,20H,4-5,9-11H2. The quantitative estimate of drug-likeness (QED) is 0.922. The molecule has 1 aromatic heterocycles. The van der Waals surface area contributed by atoms with E-state index in [1.165, 1.54) is 6.07 Å². The summed E-state index contributed by atoms with van der Waals surface area (Å²) in [6.07, 6.45) is 2.66. The van der Waals surface area contributed by atoms with Gasteiger partial charge < -0.3 is 14.6 Å². The van der Waals surface area contributed by atoms with Crippen molar-refractivity contribution < 1.29 is 19.0 Å². The zero-order chi connectivity index (χ0) is 15.4. The third kappa shape index (κ3) is 3.50. The molecule has 1 aliphatic heterocycles. The van der Waals surface area contributed by atoms with Crippen LogP contribution in [0.25, 0.3) is 11.1 Å². The van der Waals surface area contributed by atoms with Crippen molar-refractivity contribution in [2.24, 2.45) is 0 Å². The normalized spacial score (nSPS) is 17.8. The van der Waals surface area contributed by atoms with Crippen LogP contribution in [-0.2, 0) is 22.7 Å². The number of pyridine rings is 1. The highest BCUT2D eigenvalue weighted by Gasteiger charge is 2.16. The second-order valence-electron chi connectivity index (χ2n) is 5.31. The van der Waals surface area contributed by atoms with Crippen LogP contribution in [0.4, 0.5) is 4.39 Å². The molecule has 2 aromatic rings. The molecule has 2 heterocycles. The molecule has 0 amide bonds. The Bertz CT molecular complexity index is 642. The molecule has 1 aromatic carbocycles. The summed E-state index contributed by atoms with van der Waals surface area (Å²) >= 11 is 0. The topological polar surface area (TPSA) is 51.6 Å². The summed E-state index contributed by atoms with van der Waals surface area (Å²) in [5.74, 6) is -0.496. The number of hydrogen-bond donors (Lipinski definition) is 1. The van der Waals surface area contributed by atoms with Gasteiger partial charge in [-0.2, -0.15) is 0 Å². The molecule has 1 aliphatic rings. The number of aromatic nitrogens is 1. The van der Waals surface area contributed by atoms with Crippen LogP contribution >= 0.6 is 0 Å². The summed E-state index contributed by atoms with van der Waals surface area (Å²) in [6.45, 7) is 1.51. The van der Waals surface area contributed by atoms with Crippen LogP contribution in [0, 0.1) is 5.82 Å². The van der Waals surface area contributed by atoms with Gasteiger partial charge in [0.1, 0.15) is 11.5 Å². The van der Waals surface area contributed by atoms with E-state index in [1.807, 2.05) is 24.3 Å². The Morgan fingerprint density at radius 3 is 2.95 bits per heavy atom. The van der Waals surface area contributed by atoms with Crippen molar-refractivity contribution in [2.45, 2.75) is 25.7 Å². The highest BCUT2D eigenvalue weighted by Crippen LogP contribution is 2.22. The van der Waals surface area contributed by atoms with Crippen molar-refractivity contribution in [1.82, 2.24) is 4.98 Å². The van der Waals surface area contributed by atoms with E-state index < -0.39 is 12.4 Å². The van der Waals surface area contributed by atoms with Crippen LogP contribution in [0.2, 0.25) is 0 Å². The first kappa shape index (κ1) is 15.1. The maximum atomic E-state index is 13.7. The van der Waals surface area contributed by atoms with E-state index in [2.05, 4.69) is 4.98 Å². The summed E-state index contributed by atoms with van der Waals surface area (Å²) < 4.78 is 24.8. The number of aliphatic hydroxyl groups excluding tert-OH is 1. The van der Waals surface area contributed by atoms with Crippen molar-refractivity contribution in [2.75, 3.05) is 13.2 Å². The van der Waals surface area contributed by atoms with Crippen LogP contribution in [-0.4, -0.2) is 29.4 Å². The van der Waals surface area contributed by atoms with Gasteiger partial charge >= 0.3 is 0 Å². The van der Waals surface area contributed by atoms with Gasteiger partial charge in [0, 0.05) is 18.4 Å². The number of ether oxygens (including phenoxy) is 2. The number of benzene rings is 1. The van der Waals surface area contributed by atoms with E-state index in [-0.39, 0.29) is 11.8 Å². The maximum Gasteiger partial charge on any atom is 0.147 e. The van der Waals surface area contributed by atoms with Gasteiger partial charge in [0.05, 0.1) is 25.9 Å². The average molecular weight is 303 g/mol. The second-order valence-corrected chi connectivity index (χ2v) is 5.31. The minimum atomic E-state index is -0.496. The Morgan fingerprint density at radius 2 is 2.23 bits per heavy atom. The average Bonchev–Trinajstić information content (AvgIpc) is 3.06. The Labute approximate surface area is 128 Å². The van der Waals surface area contributed by atoms with Crippen LogP contribution in [0.3, 0.4) is 0 Å². The Balaban J connectivity index is 1.74. The molecule has 0 bridgehead atoms. The van der Waals surface area contributed by atoms with Gasteiger partial charge in [-0.1, -0.05) is 18.2 Å². The summed E-state index contributed by atoms with van der Waals surface area (Å²) in [5.41, 5.74) is 2.64. The van der Waals surface area contributed by atoms with Crippen LogP contribution in [0.15, 0.2) is 36.5 Å². The van der Waals surface area contributed by atoms with Gasteiger partial charge in [0.2, 0.25) is 0 Å². The van der Waals surface area contributed by atoms with E-state index >= 15 is 0 Å². The van der Waals surface area contributed by atoms with Crippen molar-refractivity contribution in [1.29, 1.82) is 0 Å². The number of aliphatic hydroxyl groups is 1. The number of halogens is 1. The number of hydrogen-bond acceptors (Lipinski definition) is 4. The molecule has 0 radical (unpaired) electrons. The van der Waals surface area contributed by atoms with Crippen molar-refractivity contribution in [3.05, 3.63) is 53.6 Å². The molecule has 22 heavy (non-hydrogen) atoms. The van der Waals surface area contributed by atoms with Crippen molar-refractivity contribution in [3.8, 4) is 11.1 Å². The minimum absolute atomic E-state index is 0.0597. The predicted octanol–water partition coefficient (Wildman–Crippen LogP) is 2.69. The molecule has 0 spiro atoms. The lowest BCUT2D eigenvalue weighted by atomic mass is 10.0. The van der Waals surface area contributed by atoms with Gasteiger partial charge in [-0.05, 0) is 29.7 Å². The zero-order valence-corrected chi connectivity index (χ0v) is 12.2. The third-order valence-electron chi connectivity index (χ3n) is 3.70. The van der Waals surface area contributed by atoms with E-state index in [0.29, 0.717) is 18.8 Å². The van der Waals surface area contributed by atoms with E-state index in [4.69, 9.17) is 14.6 Å². The fourth-order valence-corrected chi connectivity index (χ4v) is 2.44. The zero-order valence-electron chi connectivity index (χ0n) is 12.2. The number of rotatable bonds is 5. The largest absolute Gasteiger partial charge is 0.390 e. The van der Waals surface area contributed by atoms with Crippen LogP contribution in [0.5, 0.6) is 0 Å². The van der Waals surface area contributed by atoms with Crippen LogP contribution < -0.4 is 0 Å². The summed E-state index contributed by atoms with van der Waals surface area (Å²) in [6, 6.07) is 9.15. The van der Waals surface area contributed by atoms with Crippen molar-refractivity contribution in [3.63, 3.8) is 0 Å². The second kappa shape index (κ2) is 6.96.